The van der Waals surface area contributed by atoms with Crippen LogP contribution < -0.4 is 5.32 Å². The fourth-order valence-electron chi connectivity index (χ4n) is 2.32. The van der Waals surface area contributed by atoms with Crippen molar-refractivity contribution < 1.29 is 4.79 Å². The van der Waals surface area contributed by atoms with Crippen LogP contribution in [0, 0.1) is 0 Å². The number of hydrogen-bond acceptors (Lipinski definition) is 2. The number of benzene rings is 2. The second-order valence-electron chi connectivity index (χ2n) is 5.41. The number of hydrogen-bond donors (Lipinski definition) is 1. The Kier molecular flexibility index (Phi) is 5.63. The van der Waals surface area contributed by atoms with Crippen LogP contribution in [0.25, 0.3) is 5.69 Å². The minimum Gasteiger partial charge on any atom is -0.352 e. The summed E-state index contributed by atoms with van der Waals surface area (Å²) >= 11 is 17.9. The predicted octanol–water partition coefficient (Wildman–Crippen LogP) is 4.81. The Bertz CT molecular complexity index is 908. The van der Waals surface area contributed by atoms with Crippen molar-refractivity contribution in [2.75, 3.05) is 6.54 Å². The van der Waals surface area contributed by atoms with Crippen molar-refractivity contribution in [3.05, 3.63) is 81.1 Å². The summed E-state index contributed by atoms with van der Waals surface area (Å²) < 4.78 is 1.58. The summed E-state index contributed by atoms with van der Waals surface area (Å²) in [6, 6.07) is 12.7. The molecule has 0 aliphatic heterocycles. The van der Waals surface area contributed by atoms with Crippen molar-refractivity contribution in [3.8, 4) is 5.69 Å². The maximum absolute atomic E-state index is 12.2. The Morgan fingerprint density at radius 1 is 1.08 bits per heavy atom. The Labute approximate surface area is 160 Å². The first kappa shape index (κ1) is 17.8. The molecule has 3 rings (SSSR count). The highest BCUT2D eigenvalue weighted by atomic mass is 35.5. The number of carbonyl (C=O) groups excluding carboxylic acids is 1. The summed E-state index contributed by atoms with van der Waals surface area (Å²) in [7, 11) is 0. The third kappa shape index (κ3) is 4.54. The van der Waals surface area contributed by atoms with E-state index < -0.39 is 0 Å². The maximum Gasteiger partial charge on any atom is 0.254 e. The molecule has 4 nitrogen and oxygen atoms in total. The van der Waals surface area contributed by atoms with Crippen molar-refractivity contribution >= 4 is 40.7 Å². The van der Waals surface area contributed by atoms with E-state index in [1.54, 1.807) is 29.1 Å². The fourth-order valence-corrected chi connectivity index (χ4v) is 2.83. The van der Waals surface area contributed by atoms with Gasteiger partial charge >= 0.3 is 0 Å². The van der Waals surface area contributed by atoms with Gasteiger partial charge in [-0.2, -0.15) is 5.10 Å². The molecule has 128 valence electrons. The van der Waals surface area contributed by atoms with Crippen molar-refractivity contribution in [2.45, 2.75) is 6.42 Å². The van der Waals surface area contributed by atoms with Crippen LogP contribution in [0.1, 0.15) is 15.9 Å². The van der Waals surface area contributed by atoms with Crippen LogP contribution in [0.2, 0.25) is 15.1 Å². The SMILES string of the molecule is O=C(NCCc1cccc(Cl)c1)c1cnn(-c2ccc(Cl)c(Cl)c2)c1. The normalized spacial score (nSPS) is 10.7. The molecule has 0 saturated heterocycles. The van der Waals surface area contributed by atoms with E-state index in [-0.39, 0.29) is 5.91 Å². The molecule has 0 aliphatic rings. The maximum atomic E-state index is 12.2. The lowest BCUT2D eigenvalue weighted by Gasteiger charge is -2.05. The van der Waals surface area contributed by atoms with Gasteiger partial charge in [0.1, 0.15) is 0 Å². The highest BCUT2D eigenvalue weighted by Gasteiger charge is 2.10. The van der Waals surface area contributed by atoms with Crippen LogP contribution >= 0.6 is 34.8 Å². The molecule has 25 heavy (non-hydrogen) atoms. The Balaban J connectivity index is 1.61. The lowest BCUT2D eigenvalue weighted by Crippen LogP contribution is -2.25. The highest BCUT2D eigenvalue weighted by Crippen LogP contribution is 2.24. The Morgan fingerprint density at radius 2 is 1.92 bits per heavy atom. The summed E-state index contributed by atoms with van der Waals surface area (Å²) in [5, 5.41) is 8.65. The molecule has 0 fully saturated rings. The van der Waals surface area contributed by atoms with Crippen molar-refractivity contribution in [3.63, 3.8) is 0 Å². The number of aromatic nitrogens is 2. The zero-order chi connectivity index (χ0) is 17.8. The summed E-state index contributed by atoms with van der Waals surface area (Å²) in [5.41, 5.74) is 2.27. The van der Waals surface area contributed by atoms with E-state index in [2.05, 4.69) is 10.4 Å². The second-order valence-corrected chi connectivity index (χ2v) is 6.66. The molecule has 1 N–H and O–H groups in total. The zero-order valence-electron chi connectivity index (χ0n) is 13.0. The van der Waals surface area contributed by atoms with Gasteiger partial charge in [-0.1, -0.05) is 46.9 Å². The van der Waals surface area contributed by atoms with E-state index in [1.165, 1.54) is 6.20 Å². The largest absolute Gasteiger partial charge is 0.352 e. The van der Waals surface area contributed by atoms with E-state index in [0.717, 1.165) is 11.3 Å². The second kappa shape index (κ2) is 7.91. The highest BCUT2D eigenvalue weighted by molar-refractivity contribution is 6.42. The van der Waals surface area contributed by atoms with Gasteiger partial charge < -0.3 is 5.32 Å². The van der Waals surface area contributed by atoms with Crippen molar-refractivity contribution in [2.24, 2.45) is 0 Å². The van der Waals surface area contributed by atoms with E-state index >= 15 is 0 Å². The first-order valence-corrected chi connectivity index (χ1v) is 8.69. The van der Waals surface area contributed by atoms with E-state index in [1.807, 2.05) is 24.3 Å². The van der Waals surface area contributed by atoms with E-state index in [0.29, 0.717) is 33.6 Å². The van der Waals surface area contributed by atoms with Gasteiger partial charge in [0.25, 0.3) is 5.91 Å². The van der Waals surface area contributed by atoms with Gasteiger partial charge in [0.05, 0.1) is 27.5 Å². The van der Waals surface area contributed by atoms with Gasteiger partial charge in [0.15, 0.2) is 0 Å². The van der Waals surface area contributed by atoms with Crippen LogP contribution in [0.5, 0.6) is 0 Å². The molecule has 0 atom stereocenters. The average Bonchev–Trinajstić information content (AvgIpc) is 3.07. The lowest BCUT2D eigenvalue weighted by molar-refractivity contribution is 0.0954. The monoisotopic (exact) mass is 393 g/mol. The smallest absolute Gasteiger partial charge is 0.254 e. The van der Waals surface area contributed by atoms with Gasteiger partial charge in [-0.05, 0) is 42.3 Å². The molecule has 1 amide bonds. The van der Waals surface area contributed by atoms with Crippen LogP contribution in [0.3, 0.4) is 0 Å². The fraction of sp³-hybridized carbons (Fsp3) is 0.111. The van der Waals surface area contributed by atoms with Crippen LogP contribution in [-0.4, -0.2) is 22.2 Å². The van der Waals surface area contributed by atoms with Gasteiger partial charge in [-0.25, -0.2) is 4.68 Å². The summed E-state index contributed by atoms with van der Waals surface area (Å²) in [6.45, 7) is 0.511. The predicted molar refractivity (Wildman–Crippen MR) is 101 cm³/mol. The van der Waals surface area contributed by atoms with Crippen molar-refractivity contribution in [1.29, 1.82) is 0 Å². The topological polar surface area (TPSA) is 46.9 Å². The number of carbonyl (C=O) groups is 1. The molecule has 0 bridgehead atoms. The third-order valence-corrected chi connectivity index (χ3v) is 4.57. The molecule has 0 saturated carbocycles. The molecule has 0 aliphatic carbocycles. The molecule has 3 aromatic rings. The summed E-state index contributed by atoms with van der Waals surface area (Å²) in [5.74, 6) is -0.187. The van der Waals surface area contributed by atoms with E-state index in [4.69, 9.17) is 34.8 Å². The number of rotatable bonds is 5. The van der Waals surface area contributed by atoms with E-state index in [9.17, 15) is 4.79 Å². The van der Waals surface area contributed by atoms with Crippen LogP contribution in [-0.2, 0) is 6.42 Å². The molecule has 2 aromatic carbocycles. The standard InChI is InChI=1S/C18H14Cl3N3O/c19-14-3-1-2-12(8-14)6-7-22-18(25)13-10-23-24(11-13)15-4-5-16(20)17(21)9-15/h1-5,8-11H,6-7H2,(H,22,25). The molecule has 7 heteroatoms. The molecule has 1 aromatic heterocycles. The quantitative estimate of drug-likeness (QED) is 0.675. The average molecular weight is 395 g/mol. The molecule has 1 heterocycles. The molecular weight excluding hydrogens is 381 g/mol. The summed E-state index contributed by atoms with van der Waals surface area (Å²) in [4.78, 5) is 12.2. The molecule has 0 spiro atoms. The van der Waals surface area contributed by atoms with Crippen LogP contribution in [0.15, 0.2) is 54.9 Å². The van der Waals surface area contributed by atoms with Gasteiger partial charge in [-0.3, -0.25) is 4.79 Å². The molecule has 0 radical (unpaired) electrons. The van der Waals surface area contributed by atoms with Crippen LogP contribution in [0.4, 0.5) is 0 Å². The number of halogens is 3. The third-order valence-electron chi connectivity index (χ3n) is 3.60. The Morgan fingerprint density at radius 3 is 2.68 bits per heavy atom. The zero-order valence-corrected chi connectivity index (χ0v) is 15.3. The number of amides is 1. The first-order valence-electron chi connectivity index (χ1n) is 7.55. The minimum atomic E-state index is -0.187. The lowest BCUT2D eigenvalue weighted by atomic mass is 10.1. The first-order chi connectivity index (χ1) is 12.0. The van der Waals surface area contributed by atoms with Gasteiger partial charge in [0.2, 0.25) is 0 Å². The number of nitrogens with one attached hydrogen (secondary N) is 1. The summed E-state index contributed by atoms with van der Waals surface area (Å²) in [6.07, 6.45) is 3.86. The van der Waals surface area contributed by atoms with Gasteiger partial charge in [-0.15, -0.1) is 0 Å². The molecular formula is C18H14Cl3N3O. The molecule has 0 unspecified atom stereocenters. The number of nitrogens with zero attached hydrogens (tertiary/aromatic N) is 2. The minimum absolute atomic E-state index is 0.187. The van der Waals surface area contributed by atoms with Crippen molar-refractivity contribution in [1.82, 2.24) is 15.1 Å². The van der Waals surface area contributed by atoms with Gasteiger partial charge in [0, 0.05) is 17.8 Å². The Hall–Kier alpha value is -2.01.